The highest BCUT2D eigenvalue weighted by molar-refractivity contribution is 5.96. The number of amides is 2. The van der Waals surface area contributed by atoms with E-state index in [2.05, 4.69) is 20.6 Å². The molecule has 0 radical (unpaired) electrons. The highest BCUT2D eigenvalue weighted by atomic mass is 16.5. The third kappa shape index (κ3) is 5.32. The summed E-state index contributed by atoms with van der Waals surface area (Å²) in [4.78, 5) is 35.4. The van der Waals surface area contributed by atoms with E-state index in [-0.39, 0.29) is 11.8 Å². The van der Waals surface area contributed by atoms with E-state index in [1.807, 2.05) is 71.1 Å². The molecule has 2 aromatic carbocycles. The van der Waals surface area contributed by atoms with Crippen molar-refractivity contribution in [1.29, 1.82) is 0 Å². The van der Waals surface area contributed by atoms with Crippen LogP contribution in [-0.4, -0.2) is 57.8 Å². The van der Waals surface area contributed by atoms with Gasteiger partial charge in [-0.25, -0.2) is 9.97 Å². The number of aromatic nitrogens is 3. The van der Waals surface area contributed by atoms with Crippen molar-refractivity contribution in [2.75, 3.05) is 32.1 Å². The van der Waals surface area contributed by atoms with E-state index < -0.39 is 0 Å². The van der Waals surface area contributed by atoms with Crippen LogP contribution in [0.2, 0.25) is 0 Å². The molecule has 4 aromatic rings. The number of hydrogen-bond donors (Lipinski definition) is 2. The van der Waals surface area contributed by atoms with Gasteiger partial charge in [0.15, 0.2) is 11.5 Å². The third-order valence-electron chi connectivity index (χ3n) is 7.07. The molecule has 2 aromatic heterocycles. The summed E-state index contributed by atoms with van der Waals surface area (Å²) >= 11 is 0. The molecule has 9 nitrogen and oxygen atoms in total. The number of piperidine rings is 1. The molecule has 0 aliphatic carbocycles. The smallest absolute Gasteiger partial charge is 0.254 e. The van der Waals surface area contributed by atoms with Crippen LogP contribution in [0.1, 0.15) is 35.7 Å². The Morgan fingerprint density at radius 1 is 1.08 bits per heavy atom. The summed E-state index contributed by atoms with van der Waals surface area (Å²) in [6, 6.07) is 13.6. The van der Waals surface area contributed by atoms with E-state index >= 15 is 0 Å². The first-order valence-corrected chi connectivity index (χ1v) is 12.8. The SMILES string of the molecule is COc1ccc(-c2cnc3c(Nc4ccc(C(=O)N5CCC(CNC(C)=O)CC5)c(C)c4)nccn23)cc1. The Balaban J connectivity index is 1.29. The molecular weight excluding hydrogens is 480 g/mol. The number of imidazole rings is 1. The molecule has 3 heterocycles. The van der Waals surface area contributed by atoms with E-state index in [0.29, 0.717) is 42.6 Å². The van der Waals surface area contributed by atoms with Crippen molar-refractivity contribution >= 4 is 29.0 Å². The monoisotopic (exact) mass is 512 g/mol. The van der Waals surface area contributed by atoms with Crippen molar-refractivity contribution in [2.24, 2.45) is 5.92 Å². The predicted molar refractivity (Wildman–Crippen MR) is 147 cm³/mol. The average Bonchev–Trinajstić information content (AvgIpc) is 3.37. The molecule has 2 amide bonds. The van der Waals surface area contributed by atoms with Gasteiger partial charge in [0.25, 0.3) is 5.91 Å². The standard InChI is InChI=1S/C29H32N6O3/c1-19-16-23(6-9-25(19)29(37)34-13-10-21(11-14-34)17-31-20(2)36)33-27-28-32-18-26(35(28)15-12-30-27)22-4-7-24(38-3)8-5-22/h4-9,12,15-16,18,21H,10-11,13-14,17H2,1-3H3,(H,30,33)(H,31,36). The number of carbonyl (C=O) groups excluding carboxylic acids is 2. The van der Waals surface area contributed by atoms with Gasteiger partial charge < -0.3 is 20.3 Å². The summed E-state index contributed by atoms with van der Waals surface area (Å²) in [6.45, 7) is 5.56. The normalized spacial score (nSPS) is 13.9. The van der Waals surface area contributed by atoms with Crippen molar-refractivity contribution in [2.45, 2.75) is 26.7 Å². The second-order valence-electron chi connectivity index (χ2n) is 9.67. The fraction of sp³-hybridized carbons (Fsp3) is 0.310. The Morgan fingerprint density at radius 2 is 1.84 bits per heavy atom. The van der Waals surface area contributed by atoms with Gasteiger partial charge in [0.1, 0.15) is 5.75 Å². The van der Waals surface area contributed by atoms with Crippen molar-refractivity contribution in [3.8, 4) is 17.0 Å². The summed E-state index contributed by atoms with van der Waals surface area (Å²) < 4.78 is 7.27. The number of aryl methyl sites for hydroxylation is 1. The molecule has 0 saturated carbocycles. The first-order chi connectivity index (χ1) is 18.4. The van der Waals surface area contributed by atoms with Crippen molar-refractivity contribution in [3.05, 3.63) is 72.2 Å². The zero-order valence-electron chi connectivity index (χ0n) is 21.9. The average molecular weight is 513 g/mol. The van der Waals surface area contributed by atoms with E-state index in [0.717, 1.165) is 41.1 Å². The lowest BCUT2D eigenvalue weighted by Gasteiger charge is -2.32. The minimum absolute atomic E-state index is 0.00954. The summed E-state index contributed by atoms with van der Waals surface area (Å²) in [6.07, 6.45) is 7.24. The number of methoxy groups -OCH3 is 1. The molecule has 0 atom stereocenters. The fourth-order valence-electron chi connectivity index (χ4n) is 4.90. The maximum absolute atomic E-state index is 13.2. The Labute approximate surface area is 221 Å². The van der Waals surface area contributed by atoms with Gasteiger partial charge in [-0.1, -0.05) is 0 Å². The van der Waals surface area contributed by atoms with Crippen molar-refractivity contribution in [3.63, 3.8) is 0 Å². The molecule has 0 unspecified atom stereocenters. The Morgan fingerprint density at radius 3 is 2.53 bits per heavy atom. The van der Waals surface area contributed by atoms with Crippen LogP contribution in [0.4, 0.5) is 11.5 Å². The highest BCUT2D eigenvalue weighted by Crippen LogP contribution is 2.28. The molecule has 2 N–H and O–H groups in total. The minimum atomic E-state index is -0.00954. The van der Waals surface area contributed by atoms with Gasteiger partial charge in [-0.15, -0.1) is 0 Å². The number of likely N-dealkylation sites (tertiary alicyclic amines) is 1. The first-order valence-electron chi connectivity index (χ1n) is 12.8. The van der Waals surface area contributed by atoms with Gasteiger partial charge in [-0.3, -0.25) is 14.0 Å². The molecule has 1 aliphatic heterocycles. The van der Waals surface area contributed by atoms with Crippen LogP contribution in [0.5, 0.6) is 5.75 Å². The van der Waals surface area contributed by atoms with Gasteiger partial charge in [0.05, 0.1) is 19.0 Å². The quantitative estimate of drug-likeness (QED) is 0.380. The molecule has 0 spiro atoms. The Kier molecular flexibility index (Phi) is 7.26. The molecule has 1 saturated heterocycles. The zero-order valence-corrected chi connectivity index (χ0v) is 21.9. The number of nitrogens with one attached hydrogen (secondary N) is 2. The summed E-state index contributed by atoms with van der Waals surface area (Å²) in [5, 5.41) is 6.26. The topological polar surface area (TPSA) is 101 Å². The van der Waals surface area contributed by atoms with Crippen LogP contribution < -0.4 is 15.4 Å². The lowest BCUT2D eigenvalue weighted by Crippen LogP contribution is -2.41. The van der Waals surface area contributed by atoms with Crippen molar-refractivity contribution < 1.29 is 14.3 Å². The second-order valence-corrected chi connectivity index (χ2v) is 9.67. The Bertz CT molecular complexity index is 1460. The molecule has 1 fully saturated rings. The number of nitrogens with zero attached hydrogens (tertiary/aromatic N) is 4. The lowest BCUT2D eigenvalue weighted by atomic mass is 9.95. The van der Waals surface area contributed by atoms with E-state index in [4.69, 9.17) is 4.74 Å². The van der Waals surface area contributed by atoms with Crippen LogP contribution in [0, 0.1) is 12.8 Å². The largest absolute Gasteiger partial charge is 0.497 e. The lowest BCUT2D eigenvalue weighted by molar-refractivity contribution is -0.119. The van der Waals surface area contributed by atoms with Gasteiger partial charge in [-0.05, 0) is 73.7 Å². The van der Waals surface area contributed by atoms with Crippen LogP contribution >= 0.6 is 0 Å². The maximum Gasteiger partial charge on any atom is 0.254 e. The van der Waals surface area contributed by atoms with E-state index in [9.17, 15) is 9.59 Å². The number of fused-ring (bicyclic) bond motifs is 1. The highest BCUT2D eigenvalue weighted by Gasteiger charge is 2.24. The fourth-order valence-corrected chi connectivity index (χ4v) is 4.90. The molecule has 196 valence electrons. The summed E-state index contributed by atoms with van der Waals surface area (Å²) in [5.41, 5.74) is 5.11. The maximum atomic E-state index is 13.2. The number of carbonyl (C=O) groups is 2. The minimum Gasteiger partial charge on any atom is -0.497 e. The number of rotatable bonds is 7. The summed E-state index contributed by atoms with van der Waals surface area (Å²) in [7, 11) is 1.65. The van der Waals surface area contributed by atoms with Crippen LogP contribution in [0.3, 0.4) is 0 Å². The molecular formula is C29H32N6O3. The van der Waals surface area contributed by atoms with E-state index in [1.165, 1.54) is 6.92 Å². The first kappa shape index (κ1) is 25.3. The molecule has 5 rings (SSSR count). The van der Waals surface area contributed by atoms with E-state index in [1.54, 1.807) is 13.3 Å². The van der Waals surface area contributed by atoms with Crippen molar-refractivity contribution in [1.82, 2.24) is 24.6 Å². The van der Waals surface area contributed by atoms with Gasteiger partial charge >= 0.3 is 0 Å². The molecule has 38 heavy (non-hydrogen) atoms. The van der Waals surface area contributed by atoms with Crippen LogP contribution in [-0.2, 0) is 4.79 Å². The van der Waals surface area contributed by atoms with Gasteiger partial charge in [0, 0.05) is 55.8 Å². The summed E-state index contributed by atoms with van der Waals surface area (Å²) in [5.74, 6) is 1.88. The van der Waals surface area contributed by atoms with Crippen LogP contribution in [0.15, 0.2) is 61.1 Å². The molecule has 1 aliphatic rings. The number of benzene rings is 2. The molecule has 9 heteroatoms. The molecule has 0 bridgehead atoms. The number of hydrogen-bond acceptors (Lipinski definition) is 6. The van der Waals surface area contributed by atoms with Crippen LogP contribution in [0.25, 0.3) is 16.9 Å². The predicted octanol–water partition coefficient (Wildman–Crippen LogP) is 4.45. The van der Waals surface area contributed by atoms with Gasteiger partial charge in [-0.2, -0.15) is 0 Å². The van der Waals surface area contributed by atoms with Gasteiger partial charge in [0.2, 0.25) is 5.91 Å². The third-order valence-corrected chi connectivity index (χ3v) is 7.07. The zero-order chi connectivity index (χ0) is 26.6. The Hall–Kier alpha value is -4.40. The second kappa shape index (κ2) is 10.9. The number of anilines is 2. The number of ether oxygens (including phenoxy) is 1.